The first-order valence-electron chi connectivity index (χ1n) is 5.81. The Hall–Kier alpha value is -2.20. The van der Waals surface area contributed by atoms with Crippen LogP contribution >= 0.6 is 11.6 Å². The Bertz CT molecular complexity index is 805. The van der Waals surface area contributed by atoms with E-state index in [1.807, 2.05) is 18.2 Å². The molecule has 0 aliphatic rings. The second kappa shape index (κ2) is 4.48. The molecular weight excluding hydrogens is 264 g/mol. The number of aromatic hydroxyl groups is 1. The molecule has 2 aromatic carbocycles. The summed E-state index contributed by atoms with van der Waals surface area (Å²) in [5.41, 5.74) is 1.66. The molecule has 0 radical (unpaired) electrons. The Kier molecular flexibility index (Phi) is 2.80. The minimum atomic E-state index is -0.267. The van der Waals surface area contributed by atoms with E-state index < -0.39 is 0 Å². The number of nitrogens with one attached hydrogen (secondary N) is 1. The van der Waals surface area contributed by atoms with Gasteiger partial charge >= 0.3 is 5.69 Å². The van der Waals surface area contributed by atoms with Crippen LogP contribution in [0.3, 0.4) is 0 Å². The molecule has 0 atom stereocenters. The average molecular weight is 275 g/mol. The number of benzene rings is 2. The highest BCUT2D eigenvalue weighted by atomic mass is 35.5. The summed E-state index contributed by atoms with van der Waals surface area (Å²) in [6.45, 7) is 0.316. The van der Waals surface area contributed by atoms with Gasteiger partial charge in [0.1, 0.15) is 11.3 Å². The van der Waals surface area contributed by atoms with Crippen LogP contribution < -0.4 is 5.69 Å². The number of para-hydroxylation sites is 1. The standard InChI is InChI=1S/C14H11ClN2O2/c15-10-5-2-1-4-9(10)8-17-13-11(16-14(17)19)6-3-7-12(13)18/h1-7,18H,8H2,(H,16,19). The molecule has 0 amide bonds. The molecule has 1 aromatic heterocycles. The van der Waals surface area contributed by atoms with Gasteiger partial charge in [-0.15, -0.1) is 0 Å². The minimum absolute atomic E-state index is 0.0721. The summed E-state index contributed by atoms with van der Waals surface area (Å²) < 4.78 is 1.48. The number of fused-ring (bicyclic) bond motifs is 1. The lowest BCUT2D eigenvalue weighted by Crippen LogP contribution is -2.17. The van der Waals surface area contributed by atoms with Crippen molar-refractivity contribution >= 4 is 22.6 Å². The van der Waals surface area contributed by atoms with E-state index in [1.165, 1.54) is 4.57 Å². The molecule has 3 aromatic rings. The molecule has 0 saturated carbocycles. The van der Waals surface area contributed by atoms with Crippen LogP contribution in [0, 0.1) is 0 Å². The van der Waals surface area contributed by atoms with E-state index in [4.69, 9.17) is 11.6 Å². The summed E-state index contributed by atoms with van der Waals surface area (Å²) in [6.07, 6.45) is 0. The quantitative estimate of drug-likeness (QED) is 0.755. The number of phenolic OH excluding ortho intramolecular Hbond substituents is 1. The summed E-state index contributed by atoms with van der Waals surface area (Å²) >= 11 is 6.10. The highest BCUT2D eigenvalue weighted by Crippen LogP contribution is 2.23. The maximum atomic E-state index is 12.0. The van der Waals surface area contributed by atoms with Gasteiger partial charge in [-0.3, -0.25) is 4.57 Å². The van der Waals surface area contributed by atoms with Crippen molar-refractivity contribution in [3.63, 3.8) is 0 Å². The van der Waals surface area contributed by atoms with Crippen molar-refractivity contribution in [3.05, 3.63) is 63.5 Å². The van der Waals surface area contributed by atoms with Crippen LogP contribution in [0.25, 0.3) is 11.0 Å². The van der Waals surface area contributed by atoms with Gasteiger partial charge in [0, 0.05) is 5.02 Å². The zero-order valence-corrected chi connectivity index (χ0v) is 10.7. The lowest BCUT2D eigenvalue weighted by Gasteiger charge is -2.06. The van der Waals surface area contributed by atoms with E-state index in [0.717, 1.165) is 5.56 Å². The molecule has 0 bridgehead atoms. The molecule has 0 saturated heterocycles. The zero-order valence-electron chi connectivity index (χ0n) is 9.93. The number of H-pyrrole nitrogens is 1. The largest absolute Gasteiger partial charge is 0.506 e. The number of phenols is 1. The van der Waals surface area contributed by atoms with Gasteiger partial charge in [0.25, 0.3) is 0 Å². The summed E-state index contributed by atoms with van der Waals surface area (Å²) in [7, 11) is 0. The van der Waals surface area contributed by atoms with Gasteiger partial charge in [-0.25, -0.2) is 4.79 Å². The first-order valence-corrected chi connectivity index (χ1v) is 6.18. The predicted molar refractivity (Wildman–Crippen MR) is 74.8 cm³/mol. The molecule has 1 heterocycles. The van der Waals surface area contributed by atoms with Crippen molar-refractivity contribution in [2.75, 3.05) is 0 Å². The number of rotatable bonds is 2. The zero-order chi connectivity index (χ0) is 13.4. The molecule has 0 spiro atoms. The third kappa shape index (κ3) is 2.00. The second-order valence-corrected chi connectivity index (χ2v) is 4.69. The van der Waals surface area contributed by atoms with Crippen LogP contribution in [0.4, 0.5) is 0 Å². The van der Waals surface area contributed by atoms with Gasteiger partial charge < -0.3 is 10.1 Å². The fraction of sp³-hybridized carbons (Fsp3) is 0.0714. The smallest absolute Gasteiger partial charge is 0.326 e. The Morgan fingerprint density at radius 2 is 1.95 bits per heavy atom. The Morgan fingerprint density at radius 3 is 2.74 bits per heavy atom. The van der Waals surface area contributed by atoms with Crippen LogP contribution in [0.15, 0.2) is 47.3 Å². The summed E-state index contributed by atoms with van der Waals surface area (Å²) in [6, 6.07) is 12.3. The van der Waals surface area contributed by atoms with Crippen LogP contribution in [-0.2, 0) is 6.54 Å². The van der Waals surface area contributed by atoms with Gasteiger partial charge in [0.15, 0.2) is 0 Å². The number of imidazole rings is 1. The lowest BCUT2D eigenvalue weighted by atomic mass is 10.2. The van der Waals surface area contributed by atoms with Gasteiger partial charge in [-0.2, -0.15) is 0 Å². The minimum Gasteiger partial charge on any atom is -0.506 e. The Morgan fingerprint density at radius 1 is 1.16 bits per heavy atom. The third-order valence-electron chi connectivity index (χ3n) is 3.06. The normalized spacial score (nSPS) is 11.0. The lowest BCUT2D eigenvalue weighted by molar-refractivity contribution is 0.478. The molecule has 3 rings (SSSR count). The van der Waals surface area contributed by atoms with Crippen LogP contribution in [0.2, 0.25) is 5.02 Å². The molecule has 96 valence electrons. The number of hydrogen-bond acceptors (Lipinski definition) is 2. The maximum Gasteiger partial charge on any atom is 0.326 e. The molecular formula is C14H11ClN2O2. The number of hydrogen-bond donors (Lipinski definition) is 2. The van der Waals surface area contributed by atoms with E-state index in [-0.39, 0.29) is 11.4 Å². The topological polar surface area (TPSA) is 58.0 Å². The number of aromatic amines is 1. The van der Waals surface area contributed by atoms with E-state index in [9.17, 15) is 9.90 Å². The summed E-state index contributed by atoms with van der Waals surface area (Å²) in [5, 5.41) is 10.5. The summed E-state index contributed by atoms with van der Waals surface area (Å²) in [4.78, 5) is 14.7. The van der Waals surface area contributed by atoms with E-state index in [1.54, 1.807) is 24.3 Å². The first kappa shape index (κ1) is 11.9. The molecule has 2 N–H and O–H groups in total. The molecule has 0 aliphatic heterocycles. The SMILES string of the molecule is O=c1[nH]c2cccc(O)c2n1Cc1ccccc1Cl. The second-order valence-electron chi connectivity index (χ2n) is 4.28. The predicted octanol–water partition coefficient (Wildman–Crippen LogP) is 2.74. The van der Waals surface area contributed by atoms with Crippen LogP contribution in [0.1, 0.15) is 5.56 Å². The van der Waals surface area contributed by atoms with Crippen LogP contribution in [0.5, 0.6) is 5.75 Å². The third-order valence-corrected chi connectivity index (χ3v) is 3.43. The molecule has 0 aliphatic carbocycles. The number of nitrogens with zero attached hydrogens (tertiary/aromatic N) is 1. The maximum absolute atomic E-state index is 12.0. The molecule has 0 fully saturated rings. The van der Waals surface area contributed by atoms with E-state index in [2.05, 4.69) is 4.98 Å². The van der Waals surface area contributed by atoms with Crippen molar-refractivity contribution in [2.45, 2.75) is 6.54 Å². The van der Waals surface area contributed by atoms with Crippen molar-refractivity contribution in [1.82, 2.24) is 9.55 Å². The van der Waals surface area contributed by atoms with Crippen molar-refractivity contribution in [1.29, 1.82) is 0 Å². The Labute approximate surface area is 113 Å². The first-order chi connectivity index (χ1) is 9.16. The summed E-state index contributed by atoms with van der Waals surface area (Å²) in [5.74, 6) is 0.0721. The molecule has 5 heteroatoms. The Balaban J connectivity index is 2.19. The van der Waals surface area contributed by atoms with Gasteiger partial charge in [-0.1, -0.05) is 35.9 Å². The van der Waals surface area contributed by atoms with Gasteiger partial charge in [-0.05, 0) is 23.8 Å². The van der Waals surface area contributed by atoms with E-state index >= 15 is 0 Å². The molecule has 4 nitrogen and oxygen atoms in total. The van der Waals surface area contributed by atoms with Crippen LogP contribution in [-0.4, -0.2) is 14.7 Å². The number of aromatic nitrogens is 2. The van der Waals surface area contributed by atoms with Gasteiger partial charge in [0.05, 0.1) is 12.1 Å². The fourth-order valence-corrected chi connectivity index (χ4v) is 2.34. The fourth-order valence-electron chi connectivity index (χ4n) is 2.15. The average Bonchev–Trinajstić information content (AvgIpc) is 2.70. The van der Waals surface area contributed by atoms with Gasteiger partial charge in [0.2, 0.25) is 0 Å². The van der Waals surface area contributed by atoms with Crippen molar-refractivity contribution in [2.24, 2.45) is 0 Å². The number of halogens is 1. The van der Waals surface area contributed by atoms with E-state index in [0.29, 0.717) is 22.6 Å². The molecule has 19 heavy (non-hydrogen) atoms. The molecule has 0 unspecified atom stereocenters. The monoisotopic (exact) mass is 274 g/mol. The highest BCUT2D eigenvalue weighted by Gasteiger charge is 2.11. The van der Waals surface area contributed by atoms with Crippen molar-refractivity contribution < 1.29 is 5.11 Å². The van der Waals surface area contributed by atoms with Crippen molar-refractivity contribution in [3.8, 4) is 5.75 Å². The highest BCUT2D eigenvalue weighted by molar-refractivity contribution is 6.31.